The molecule has 0 atom stereocenters. The van der Waals surface area contributed by atoms with Crippen molar-refractivity contribution in [3.63, 3.8) is 0 Å². The molecule has 2 aromatic rings. The number of hydrogen-bond acceptors (Lipinski definition) is 5. The third-order valence-electron chi connectivity index (χ3n) is 2.42. The zero-order chi connectivity index (χ0) is 12.5. The third kappa shape index (κ3) is 2.14. The third-order valence-corrected chi connectivity index (χ3v) is 4.11. The Morgan fingerprint density at radius 3 is 2.89 bits per heavy atom. The van der Waals surface area contributed by atoms with Crippen molar-refractivity contribution in [1.29, 1.82) is 0 Å². The normalized spacial score (nSPS) is 17.1. The number of carbonyl (C=O) groups excluding carboxylic acids is 1. The Morgan fingerprint density at radius 1 is 1.33 bits per heavy atom. The molecule has 5 heteroatoms. The van der Waals surface area contributed by atoms with E-state index in [4.69, 9.17) is 4.74 Å². The van der Waals surface area contributed by atoms with Crippen LogP contribution in [0.15, 0.2) is 39.6 Å². The first-order chi connectivity index (χ1) is 8.72. The van der Waals surface area contributed by atoms with E-state index in [9.17, 15) is 4.79 Å². The predicted molar refractivity (Wildman–Crippen MR) is 74.0 cm³/mol. The van der Waals surface area contributed by atoms with E-state index in [-0.39, 0.29) is 5.97 Å². The number of cyclic esters (lactones) is 1. The van der Waals surface area contributed by atoms with Crippen molar-refractivity contribution in [2.24, 2.45) is 4.99 Å². The van der Waals surface area contributed by atoms with E-state index in [1.54, 1.807) is 28.7 Å². The summed E-state index contributed by atoms with van der Waals surface area (Å²) in [5, 5.41) is 3.92. The Kier molecular flexibility index (Phi) is 2.85. The Morgan fingerprint density at radius 2 is 2.22 bits per heavy atom. The molecule has 0 fully saturated rings. The lowest BCUT2D eigenvalue weighted by Gasteiger charge is -1.92. The lowest BCUT2D eigenvalue weighted by molar-refractivity contribution is -0.129. The van der Waals surface area contributed by atoms with Crippen LogP contribution in [-0.4, -0.2) is 11.9 Å². The largest absolute Gasteiger partial charge is 0.401 e. The lowest BCUT2D eigenvalue weighted by atomic mass is 10.3. The molecule has 0 saturated heterocycles. The number of carbonyl (C=O) groups is 1. The molecule has 0 saturated carbocycles. The summed E-state index contributed by atoms with van der Waals surface area (Å²) in [6, 6.07) is 5.84. The van der Waals surface area contributed by atoms with E-state index in [2.05, 4.69) is 4.99 Å². The van der Waals surface area contributed by atoms with Crippen LogP contribution in [0.4, 0.5) is 0 Å². The zero-order valence-corrected chi connectivity index (χ0v) is 11.2. The molecule has 18 heavy (non-hydrogen) atoms. The van der Waals surface area contributed by atoms with Crippen LogP contribution in [0.2, 0.25) is 0 Å². The molecule has 0 N–H and O–H groups in total. The van der Waals surface area contributed by atoms with Crippen LogP contribution in [0.1, 0.15) is 15.3 Å². The second kappa shape index (κ2) is 4.51. The molecule has 0 bridgehead atoms. The molecule has 0 radical (unpaired) electrons. The Hall–Kier alpha value is -1.72. The molecular weight excluding hydrogens is 266 g/mol. The summed E-state index contributed by atoms with van der Waals surface area (Å²) < 4.78 is 5.18. The minimum atomic E-state index is -0.387. The first-order valence-corrected chi connectivity index (χ1v) is 7.10. The van der Waals surface area contributed by atoms with E-state index < -0.39 is 0 Å². The molecule has 90 valence electrons. The van der Waals surface area contributed by atoms with Crippen molar-refractivity contribution in [1.82, 2.24) is 0 Å². The van der Waals surface area contributed by atoms with Gasteiger partial charge in [0.25, 0.3) is 0 Å². The molecule has 1 aliphatic heterocycles. The van der Waals surface area contributed by atoms with Crippen LogP contribution in [0.5, 0.6) is 0 Å². The van der Waals surface area contributed by atoms with Gasteiger partial charge < -0.3 is 4.74 Å². The van der Waals surface area contributed by atoms with E-state index in [0.29, 0.717) is 11.6 Å². The quantitative estimate of drug-likeness (QED) is 0.622. The standard InChI is InChI=1S/C13H9NO2S2/c1-8-2-3-11(18-8)12-14-10(13(15)16-12)6-9-4-5-17-7-9/h2-7H,1H3/b10-6+. The maximum absolute atomic E-state index is 11.7. The predicted octanol–water partition coefficient (Wildman–Crippen LogP) is 3.46. The van der Waals surface area contributed by atoms with Gasteiger partial charge in [-0.2, -0.15) is 11.3 Å². The molecule has 3 nitrogen and oxygen atoms in total. The SMILES string of the molecule is Cc1ccc(C2=N/C(=C/c3ccsc3)C(=O)O2)s1. The van der Waals surface area contributed by atoms with Gasteiger partial charge in [0.05, 0.1) is 4.88 Å². The van der Waals surface area contributed by atoms with Crippen molar-refractivity contribution >= 4 is 40.6 Å². The smallest absolute Gasteiger partial charge is 0.363 e. The van der Waals surface area contributed by atoms with E-state index in [1.807, 2.05) is 35.9 Å². The summed E-state index contributed by atoms with van der Waals surface area (Å²) in [7, 11) is 0. The van der Waals surface area contributed by atoms with Gasteiger partial charge in [0.1, 0.15) is 0 Å². The number of aliphatic imine (C=N–C) groups is 1. The average molecular weight is 275 g/mol. The van der Waals surface area contributed by atoms with Gasteiger partial charge in [-0.15, -0.1) is 11.3 Å². The second-order valence-electron chi connectivity index (χ2n) is 3.80. The van der Waals surface area contributed by atoms with Gasteiger partial charge in [0.2, 0.25) is 5.90 Å². The van der Waals surface area contributed by atoms with Gasteiger partial charge in [0.15, 0.2) is 5.70 Å². The van der Waals surface area contributed by atoms with Crippen molar-refractivity contribution in [2.45, 2.75) is 6.92 Å². The van der Waals surface area contributed by atoms with Crippen LogP contribution in [-0.2, 0) is 9.53 Å². The highest BCUT2D eigenvalue weighted by Crippen LogP contribution is 2.23. The van der Waals surface area contributed by atoms with Crippen LogP contribution in [0, 0.1) is 6.92 Å². The average Bonchev–Trinajstić information content (AvgIpc) is 3.03. The van der Waals surface area contributed by atoms with Gasteiger partial charge >= 0.3 is 5.97 Å². The summed E-state index contributed by atoms with van der Waals surface area (Å²) in [5.74, 6) is 0.0156. The molecule has 0 amide bonds. The zero-order valence-electron chi connectivity index (χ0n) is 9.54. The number of ether oxygens (including phenoxy) is 1. The highest BCUT2D eigenvalue weighted by molar-refractivity contribution is 7.14. The molecule has 3 rings (SSSR count). The number of thiophene rings is 2. The van der Waals surface area contributed by atoms with Crippen LogP contribution < -0.4 is 0 Å². The van der Waals surface area contributed by atoms with Crippen molar-refractivity contribution in [2.75, 3.05) is 0 Å². The minimum absolute atomic E-state index is 0.356. The molecular formula is C13H9NO2S2. The number of rotatable bonds is 2. The molecule has 1 aliphatic rings. The fourth-order valence-electron chi connectivity index (χ4n) is 1.58. The maximum atomic E-state index is 11.7. The molecule has 0 aromatic carbocycles. The molecule has 0 aliphatic carbocycles. The highest BCUT2D eigenvalue weighted by atomic mass is 32.1. The topological polar surface area (TPSA) is 38.7 Å². The summed E-state index contributed by atoms with van der Waals surface area (Å²) in [6.45, 7) is 2.01. The highest BCUT2D eigenvalue weighted by Gasteiger charge is 2.24. The Labute approximate surface area is 112 Å². The summed E-state index contributed by atoms with van der Waals surface area (Å²) in [4.78, 5) is 18.0. The van der Waals surface area contributed by atoms with E-state index in [0.717, 1.165) is 10.4 Å². The fraction of sp³-hybridized carbons (Fsp3) is 0.0769. The first-order valence-electron chi connectivity index (χ1n) is 5.34. The summed E-state index contributed by atoms with van der Waals surface area (Å²) in [6.07, 6.45) is 1.74. The maximum Gasteiger partial charge on any atom is 0.363 e. The van der Waals surface area contributed by atoms with Crippen LogP contribution in [0.25, 0.3) is 6.08 Å². The summed E-state index contributed by atoms with van der Waals surface area (Å²) >= 11 is 3.15. The molecule has 2 aromatic heterocycles. The summed E-state index contributed by atoms with van der Waals surface area (Å²) in [5.41, 5.74) is 1.33. The molecule has 3 heterocycles. The first kappa shape index (κ1) is 11.4. The minimum Gasteiger partial charge on any atom is -0.401 e. The second-order valence-corrected chi connectivity index (χ2v) is 5.87. The van der Waals surface area contributed by atoms with E-state index >= 15 is 0 Å². The number of esters is 1. The van der Waals surface area contributed by atoms with Gasteiger partial charge in [0, 0.05) is 4.88 Å². The van der Waals surface area contributed by atoms with Gasteiger partial charge in [-0.3, -0.25) is 0 Å². The lowest BCUT2D eigenvalue weighted by Crippen LogP contribution is -2.03. The van der Waals surface area contributed by atoms with E-state index in [1.165, 1.54) is 4.88 Å². The van der Waals surface area contributed by atoms with Gasteiger partial charge in [-0.25, -0.2) is 9.79 Å². The van der Waals surface area contributed by atoms with Crippen molar-refractivity contribution in [3.05, 3.63) is 50.0 Å². The molecule has 0 unspecified atom stereocenters. The monoisotopic (exact) mass is 275 g/mol. The van der Waals surface area contributed by atoms with Crippen molar-refractivity contribution < 1.29 is 9.53 Å². The van der Waals surface area contributed by atoms with Crippen LogP contribution >= 0.6 is 22.7 Å². The molecule has 0 spiro atoms. The van der Waals surface area contributed by atoms with Crippen molar-refractivity contribution in [3.8, 4) is 0 Å². The fourth-order valence-corrected chi connectivity index (χ4v) is 2.99. The number of aryl methyl sites for hydroxylation is 1. The van der Waals surface area contributed by atoms with Gasteiger partial charge in [-0.05, 0) is 47.5 Å². The van der Waals surface area contributed by atoms with Gasteiger partial charge in [-0.1, -0.05) is 0 Å². The Balaban J connectivity index is 1.94. The van der Waals surface area contributed by atoms with Crippen LogP contribution in [0.3, 0.4) is 0 Å². The number of nitrogens with zero attached hydrogens (tertiary/aromatic N) is 1. The number of hydrogen-bond donors (Lipinski definition) is 0. The Bertz CT molecular complexity index is 650.